The van der Waals surface area contributed by atoms with E-state index in [1.165, 1.54) is 7.11 Å². The Labute approximate surface area is 83.7 Å². The molecule has 0 radical (unpaired) electrons. The van der Waals surface area contributed by atoms with Gasteiger partial charge in [-0.15, -0.1) is 0 Å². The standard InChI is InChI=1S/C7H8BrN3O2/c1-13-4-6(12)11-7-9-2-5(8)3-10-7/h2-3H,4H2,1H3,(H,9,10,11,12). The molecule has 5 nitrogen and oxygen atoms in total. The first-order valence-electron chi connectivity index (χ1n) is 3.48. The lowest BCUT2D eigenvalue weighted by molar-refractivity contribution is -0.119. The van der Waals surface area contributed by atoms with Crippen LogP contribution in [0.3, 0.4) is 0 Å². The second kappa shape index (κ2) is 4.88. The third kappa shape index (κ3) is 3.47. The quantitative estimate of drug-likeness (QED) is 0.857. The third-order valence-electron chi connectivity index (χ3n) is 1.15. The lowest BCUT2D eigenvalue weighted by Gasteiger charge is -2.01. The average Bonchev–Trinajstić information content (AvgIpc) is 2.09. The number of nitrogens with one attached hydrogen (secondary N) is 1. The molecule has 0 fully saturated rings. The average molecular weight is 246 g/mol. The molecule has 0 saturated carbocycles. The number of anilines is 1. The van der Waals surface area contributed by atoms with Crippen LogP contribution >= 0.6 is 15.9 Å². The van der Waals surface area contributed by atoms with E-state index in [-0.39, 0.29) is 18.5 Å². The van der Waals surface area contributed by atoms with Crippen LogP contribution in [-0.4, -0.2) is 29.6 Å². The van der Waals surface area contributed by atoms with E-state index in [9.17, 15) is 4.79 Å². The minimum atomic E-state index is -0.273. The van der Waals surface area contributed by atoms with Crippen molar-refractivity contribution in [1.29, 1.82) is 0 Å². The summed E-state index contributed by atoms with van der Waals surface area (Å²) in [6, 6.07) is 0. The Bertz CT molecular complexity index is 288. The third-order valence-corrected chi connectivity index (χ3v) is 1.56. The lowest BCUT2D eigenvalue weighted by atomic mass is 10.6. The van der Waals surface area contributed by atoms with E-state index in [1.54, 1.807) is 12.4 Å². The summed E-state index contributed by atoms with van der Waals surface area (Å²) in [4.78, 5) is 18.7. The molecule has 0 spiro atoms. The molecule has 13 heavy (non-hydrogen) atoms. The van der Waals surface area contributed by atoms with Crippen LogP contribution in [0.2, 0.25) is 0 Å². The monoisotopic (exact) mass is 245 g/mol. The van der Waals surface area contributed by atoms with E-state index in [0.29, 0.717) is 0 Å². The molecule has 0 atom stereocenters. The number of hydrogen-bond donors (Lipinski definition) is 1. The summed E-state index contributed by atoms with van der Waals surface area (Å²) < 4.78 is 5.38. The van der Waals surface area contributed by atoms with Crippen LogP contribution in [0.4, 0.5) is 5.95 Å². The van der Waals surface area contributed by atoms with Crippen LogP contribution in [0.1, 0.15) is 0 Å². The molecular weight excluding hydrogens is 238 g/mol. The largest absolute Gasteiger partial charge is 0.375 e. The van der Waals surface area contributed by atoms with E-state index >= 15 is 0 Å². The van der Waals surface area contributed by atoms with Crippen molar-refractivity contribution in [2.45, 2.75) is 0 Å². The number of hydrogen-bond acceptors (Lipinski definition) is 4. The highest BCUT2D eigenvalue weighted by molar-refractivity contribution is 9.10. The molecule has 0 bridgehead atoms. The second-order valence-electron chi connectivity index (χ2n) is 2.21. The van der Waals surface area contributed by atoms with Crippen molar-refractivity contribution >= 4 is 27.8 Å². The zero-order valence-corrected chi connectivity index (χ0v) is 8.54. The maximum Gasteiger partial charge on any atom is 0.252 e. The van der Waals surface area contributed by atoms with E-state index < -0.39 is 0 Å². The van der Waals surface area contributed by atoms with E-state index in [0.717, 1.165) is 4.47 Å². The second-order valence-corrected chi connectivity index (χ2v) is 3.12. The Morgan fingerprint density at radius 2 is 2.23 bits per heavy atom. The fraction of sp³-hybridized carbons (Fsp3) is 0.286. The minimum absolute atomic E-state index is 0.000571. The lowest BCUT2D eigenvalue weighted by Crippen LogP contribution is -2.18. The first kappa shape index (κ1) is 10.1. The molecule has 0 aliphatic carbocycles. The van der Waals surface area contributed by atoms with Crippen LogP contribution in [0.25, 0.3) is 0 Å². The van der Waals surface area contributed by atoms with Gasteiger partial charge in [-0.25, -0.2) is 9.97 Å². The number of halogens is 1. The summed E-state index contributed by atoms with van der Waals surface area (Å²) in [5, 5.41) is 2.46. The van der Waals surface area contributed by atoms with Gasteiger partial charge in [0.05, 0.1) is 4.47 Å². The minimum Gasteiger partial charge on any atom is -0.375 e. The van der Waals surface area contributed by atoms with Crippen LogP contribution < -0.4 is 5.32 Å². The number of aromatic nitrogens is 2. The van der Waals surface area contributed by atoms with Gasteiger partial charge in [-0.05, 0) is 15.9 Å². The van der Waals surface area contributed by atoms with Crippen LogP contribution in [-0.2, 0) is 9.53 Å². The first-order chi connectivity index (χ1) is 6.22. The molecular formula is C7H8BrN3O2. The Hall–Kier alpha value is -1.01. The van der Waals surface area contributed by atoms with Crippen molar-refractivity contribution in [3.05, 3.63) is 16.9 Å². The molecule has 6 heteroatoms. The van der Waals surface area contributed by atoms with Gasteiger partial charge in [0.2, 0.25) is 5.95 Å². The highest BCUT2D eigenvalue weighted by atomic mass is 79.9. The van der Waals surface area contributed by atoms with Crippen LogP contribution in [0.5, 0.6) is 0 Å². The van der Waals surface area contributed by atoms with Crippen LogP contribution in [0.15, 0.2) is 16.9 Å². The highest BCUT2D eigenvalue weighted by Gasteiger charge is 2.02. The summed E-state index contributed by atoms with van der Waals surface area (Å²) in [5.74, 6) is -0.00456. The van der Waals surface area contributed by atoms with Gasteiger partial charge in [0, 0.05) is 19.5 Å². The van der Waals surface area contributed by atoms with E-state index in [1.807, 2.05) is 0 Å². The molecule has 0 aliphatic heterocycles. The van der Waals surface area contributed by atoms with Crippen molar-refractivity contribution in [1.82, 2.24) is 9.97 Å². The van der Waals surface area contributed by atoms with Gasteiger partial charge >= 0.3 is 0 Å². The molecule has 1 aromatic rings. The Morgan fingerprint density at radius 3 is 2.77 bits per heavy atom. The molecule has 0 unspecified atom stereocenters. The summed E-state index contributed by atoms with van der Waals surface area (Å²) in [6.07, 6.45) is 3.10. The number of methoxy groups -OCH3 is 1. The molecule has 70 valence electrons. The SMILES string of the molecule is COCC(=O)Nc1ncc(Br)cn1. The molecule has 1 heterocycles. The summed E-state index contributed by atoms with van der Waals surface area (Å²) in [5.41, 5.74) is 0. The number of carbonyl (C=O) groups excluding carboxylic acids is 1. The topological polar surface area (TPSA) is 64.1 Å². The van der Waals surface area contributed by atoms with Crippen molar-refractivity contribution in [3.63, 3.8) is 0 Å². The van der Waals surface area contributed by atoms with Crippen molar-refractivity contribution in [2.75, 3.05) is 19.0 Å². The molecule has 1 N–H and O–H groups in total. The number of nitrogens with zero attached hydrogens (tertiary/aromatic N) is 2. The van der Waals surface area contributed by atoms with Crippen molar-refractivity contribution in [2.24, 2.45) is 0 Å². The van der Waals surface area contributed by atoms with Gasteiger partial charge in [-0.3, -0.25) is 10.1 Å². The predicted octanol–water partition coefficient (Wildman–Crippen LogP) is 0.824. The fourth-order valence-electron chi connectivity index (χ4n) is 0.669. The summed E-state index contributed by atoms with van der Waals surface area (Å²) >= 11 is 3.18. The van der Waals surface area contributed by atoms with E-state index in [2.05, 4.69) is 36.0 Å². The Morgan fingerprint density at radius 1 is 1.62 bits per heavy atom. The predicted molar refractivity (Wildman–Crippen MR) is 50.2 cm³/mol. The molecule has 0 aromatic carbocycles. The normalized spacial score (nSPS) is 9.69. The molecule has 0 saturated heterocycles. The summed E-state index contributed by atoms with van der Waals surface area (Å²) in [6.45, 7) is -0.000571. The zero-order valence-electron chi connectivity index (χ0n) is 6.95. The maximum absolute atomic E-state index is 11.0. The highest BCUT2D eigenvalue weighted by Crippen LogP contribution is 2.06. The number of amides is 1. The first-order valence-corrected chi connectivity index (χ1v) is 4.28. The molecule has 0 aliphatic rings. The Balaban J connectivity index is 2.54. The molecule has 1 rings (SSSR count). The number of ether oxygens (including phenoxy) is 1. The van der Waals surface area contributed by atoms with Gasteiger partial charge in [-0.1, -0.05) is 0 Å². The van der Waals surface area contributed by atoms with E-state index in [4.69, 9.17) is 0 Å². The van der Waals surface area contributed by atoms with Gasteiger partial charge in [0.25, 0.3) is 5.91 Å². The summed E-state index contributed by atoms with van der Waals surface area (Å²) in [7, 11) is 1.45. The van der Waals surface area contributed by atoms with Gasteiger partial charge in [0.15, 0.2) is 0 Å². The maximum atomic E-state index is 11.0. The van der Waals surface area contributed by atoms with Gasteiger partial charge in [-0.2, -0.15) is 0 Å². The zero-order chi connectivity index (χ0) is 9.68. The molecule has 1 aromatic heterocycles. The Kier molecular flexibility index (Phi) is 3.78. The molecule has 1 amide bonds. The van der Waals surface area contributed by atoms with Crippen molar-refractivity contribution in [3.8, 4) is 0 Å². The van der Waals surface area contributed by atoms with Gasteiger partial charge < -0.3 is 4.74 Å². The van der Waals surface area contributed by atoms with Gasteiger partial charge in [0.1, 0.15) is 6.61 Å². The van der Waals surface area contributed by atoms with Crippen LogP contribution in [0, 0.1) is 0 Å². The smallest absolute Gasteiger partial charge is 0.252 e. The number of rotatable bonds is 3. The fourth-order valence-corrected chi connectivity index (χ4v) is 0.873. The number of carbonyl (C=O) groups is 1. The van der Waals surface area contributed by atoms with Crippen molar-refractivity contribution < 1.29 is 9.53 Å².